The molecular formula is C32H38N6O2. The third-order valence-electron chi connectivity index (χ3n) is 7.18. The first kappa shape index (κ1) is 28.8. The van der Waals surface area contributed by atoms with Gasteiger partial charge in [-0.1, -0.05) is 36.3 Å². The predicted octanol–water partition coefficient (Wildman–Crippen LogP) is 4.65. The van der Waals surface area contributed by atoms with Gasteiger partial charge in [-0.25, -0.2) is 4.98 Å². The number of aliphatic hydroxyl groups is 1. The summed E-state index contributed by atoms with van der Waals surface area (Å²) in [4.78, 5) is 22.1. The maximum atomic E-state index is 13.0. The highest BCUT2D eigenvalue weighted by Gasteiger charge is 2.17. The summed E-state index contributed by atoms with van der Waals surface area (Å²) in [6.45, 7) is 7.62. The third-order valence-corrected chi connectivity index (χ3v) is 7.18. The number of terminal acetylenes is 1. The molecule has 0 spiro atoms. The van der Waals surface area contributed by atoms with Crippen LogP contribution < -0.4 is 16.0 Å². The van der Waals surface area contributed by atoms with Crippen molar-refractivity contribution in [2.45, 2.75) is 45.6 Å². The number of piperidine rings is 1. The first-order valence-corrected chi connectivity index (χ1v) is 13.7. The van der Waals surface area contributed by atoms with Gasteiger partial charge >= 0.3 is 0 Å². The van der Waals surface area contributed by atoms with E-state index in [-0.39, 0.29) is 18.4 Å². The van der Waals surface area contributed by atoms with Gasteiger partial charge in [-0.05, 0) is 82.0 Å². The molecule has 3 aromatic rings. The lowest BCUT2D eigenvalue weighted by molar-refractivity contribution is 0.0926. The topological polar surface area (TPSA) is 104 Å². The molecule has 0 radical (unpaired) electrons. The number of benzene rings is 1. The van der Waals surface area contributed by atoms with Gasteiger partial charge in [-0.3, -0.25) is 4.79 Å². The fourth-order valence-electron chi connectivity index (χ4n) is 4.63. The molecule has 4 N–H and O–H groups in total. The lowest BCUT2D eigenvalue weighted by atomic mass is 9.90. The summed E-state index contributed by atoms with van der Waals surface area (Å²) in [6.07, 6.45) is 18.6. The van der Waals surface area contributed by atoms with Gasteiger partial charge in [0.25, 0.3) is 5.91 Å². The molecule has 1 saturated heterocycles. The molecule has 1 aromatic carbocycles. The molecule has 4 rings (SSSR count). The fraction of sp³-hybridized carbons (Fsp3) is 0.344. The van der Waals surface area contributed by atoms with E-state index in [0.717, 1.165) is 42.8 Å². The molecule has 208 valence electrons. The summed E-state index contributed by atoms with van der Waals surface area (Å²) in [5, 5.41) is 19.5. The number of aromatic nitrogens is 3. The molecule has 0 bridgehead atoms. The van der Waals surface area contributed by atoms with Crippen LogP contribution in [0.4, 0.5) is 11.6 Å². The Morgan fingerprint density at radius 1 is 1.27 bits per heavy atom. The van der Waals surface area contributed by atoms with Crippen LogP contribution in [0.1, 0.15) is 54.1 Å². The highest BCUT2D eigenvalue weighted by Crippen LogP contribution is 2.27. The molecular weight excluding hydrogens is 500 g/mol. The second-order valence-corrected chi connectivity index (χ2v) is 10.2. The zero-order valence-electron chi connectivity index (χ0n) is 23.4. The number of hydrogen-bond acceptors (Lipinski definition) is 6. The van der Waals surface area contributed by atoms with Crippen molar-refractivity contribution in [1.82, 2.24) is 25.2 Å². The highest BCUT2D eigenvalue weighted by molar-refractivity contribution is 5.94. The van der Waals surface area contributed by atoms with Crippen LogP contribution in [0.5, 0.6) is 0 Å². The van der Waals surface area contributed by atoms with Crippen molar-refractivity contribution in [1.29, 1.82) is 0 Å². The van der Waals surface area contributed by atoms with E-state index in [1.54, 1.807) is 29.2 Å². The molecule has 3 heterocycles. The summed E-state index contributed by atoms with van der Waals surface area (Å²) in [5.41, 5.74) is 4.43. The van der Waals surface area contributed by atoms with E-state index in [0.29, 0.717) is 23.2 Å². The van der Waals surface area contributed by atoms with E-state index in [4.69, 9.17) is 11.4 Å². The Balaban J connectivity index is 1.43. The maximum Gasteiger partial charge on any atom is 0.253 e. The number of carbonyl (C=O) groups is 1. The largest absolute Gasteiger partial charge is 0.394 e. The first-order valence-electron chi connectivity index (χ1n) is 13.7. The van der Waals surface area contributed by atoms with Crippen LogP contribution in [0.3, 0.4) is 0 Å². The average molecular weight is 539 g/mol. The number of aliphatic hydroxyl groups excluding tert-OH is 1. The Hall–Kier alpha value is -4.19. The molecule has 1 amide bonds. The van der Waals surface area contributed by atoms with Crippen LogP contribution in [0.2, 0.25) is 0 Å². The van der Waals surface area contributed by atoms with Gasteiger partial charge < -0.3 is 25.6 Å². The Morgan fingerprint density at radius 2 is 2.02 bits per heavy atom. The molecule has 0 saturated carbocycles. The van der Waals surface area contributed by atoms with E-state index in [9.17, 15) is 9.90 Å². The van der Waals surface area contributed by atoms with E-state index in [1.165, 1.54) is 5.56 Å². The molecule has 8 nitrogen and oxygen atoms in total. The van der Waals surface area contributed by atoms with Crippen molar-refractivity contribution in [2.24, 2.45) is 5.92 Å². The second-order valence-electron chi connectivity index (χ2n) is 10.2. The number of nitrogens with one attached hydrogen (secondary N) is 3. The quantitative estimate of drug-likeness (QED) is 0.221. The Morgan fingerprint density at radius 3 is 2.73 bits per heavy atom. The molecule has 2 aromatic heterocycles. The molecule has 2 atom stereocenters. The van der Waals surface area contributed by atoms with Crippen molar-refractivity contribution in [3.05, 3.63) is 89.4 Å². The van der Waals surface area contributed by atoms with E-state index in [2.05, 4.69) is 51.1 Å². The lowest BCUT2D eigenvalue weighted by Gasteiger charge is -2.23. The van der Waals surface area contributed by atoms with Crippen molar-refractivity contribution < 1.29 is 9.90 Å². The zero-order chi connectivity index (χ0) is 28.5. The number of hydrogen-bond donors (Lipinski definition) is 4. The van der Waals surface area contributed by atoms with Gasteiger partial charge in [0.15, 0.2) is 0 Å². The van der Waals surface area contributed by atoms with Crippen molar-refractivity contribution in [2.75, 3.05) is 25.0 Å². The number of aryl methyl sites for hydroxylation is 1. The summed E-state index contributed by atoms with van der Waals surface area (Å²) in [7, 11) is 0. The highest BCUT2D eigenvalue weighted by atomic mass is 16.3. The molecule has 40 heavy (non-hydrogen) atoms. The van der Waals surface area contributed by atoms with Crippen LogP contribution in [0, 0.1) is 25.2 Å². The summed E-state index contributed by atoms with van der Waals surface area (Å²) >= 11 is 0. The second kappa shape index (κ2) is 13.7. The van der Waals surface area contributed by atoms with Crippen LogP contribution in [-0.4, -0.2) is 51.3 Å². The average Bonchev–Trinajstić information content (AvgIpc) is 3.48. The van der Waals surface area contributed by atoms with Gasteiger partial charge in [0, 0.05) is 35.8 Å². The van der Waals surface area contributed by atoms with Gasteiger partial charge in [0.2, 0.25) is 5.95 Å². The normalized spacial score (nSPS) is 15.9. The summed E-state index contributed by atoms with van der Waals surface area (Å²) in [6, 6.07) is 9.70. The van der Waals surface area contributed by atoms with E-state index in [1.807, 2.05) is 39.0 Å². The Labute approximate surface area is 236 Å². The van der Waals surface area contributed by atoms with Gasteiger partial charge in [0.1, 0.15) is 5.82 Å². The van der Waals surface area contributed by atoms with Gasteiger partial charge in [-0.15, -0.1) is 6.42 Å². The van der Waals surface area contributed by atoms with Crippen LogP contribution in [0.15, 0.2) is 72.7 Å². The summed E-state index contributed by atoms with van der Waals surface area (Å²) in [5.74, 6) is 4.10. The van der Waals surface area contributed by atoms with Crippen molar-refractivity contribution >= 4 is 17.5 Å². The number of amides is 1. The van der Waals surface area contributed by atoms with Gasteiger partial charge in [0.05, 0.1) is 18.2 Å². The van der Waals surface area contributed by atoms with Crippen molar-refractivity contribution in [3.63, 3.8) is 0 Å². The molecule has 1 fully saturated rings. The molecule has 1 aliphatic heterocycles. The minimum Gasteiger partial charge on any atom is -0.394 e. The zero-order valence-corrected chi connectivity index (χ0v) is 23.4. The molecule has 1 aliphatic rings. The van der Waals surface area contributed by atoms with Gasteiger partial charge in [-0.2, -0.15) is 4.98 Å². The van der Waals surface area contributed by atoms with Crippen LogP contribution in [-0.2, 0) is 0 Å². The number of carbonyl (C=O) groups excluding carboxylic acids is 1. The van der Waals surface area contributed by atoms with E-state index >= 15 is 0 Å². The molecule has 0 aliphatic carbocycles. The minimum atomic E-state index is -0.514. The van der Waals surface area contributed by atoms with Crippen LogP contribution in [0.25, 0.3) is 5.82 Å². The number of rotatable bonds is 10. The third kappa shape index (κ3) is 7.47. The number of nitrogens with zero attached hydrogens (tertiary/aromatic N) is 3. The standard InChI is InChI=1S/C32H38N6O2/c1-5-22(2)7-6-8-23(3)29(21-39)36-31(40)27-15-18-38(20-27)30-24(4)19-34-32(37-30)35-28-11-9-25(10-12-28)26-13-16-33-17-14-26/h1,6-12,15,18-20,22,26,29,33,39H,13-14,16-17,21H2,2-4H3,(H,36,40)(H,34,35,37)/b7-6-,23-8+. The van der Waals surface area contributed by atoms with E-state index < -0.39 is 6.04 Å². The van der Waals surface area contributed by atoms with Crippen LogP contribution >= 0.6 is 0 Å². The number of anilines is 2. The Kier molecular flexibility index (Phi) is 9.90. The number of allylic oxidation sites excluding steroid dienone is 3. The predicted molar refractivity (Wildman–Crippen MR) is 160 cm³/mol. The minimum absolute atomic E-state index is 0.0108. The molecule has 8 heteroatoms. The smallest absolute Gasteiger partial charge is 0.253 e. The summed E-state index contributed by atoms with van der Waals surface area (Å²) < 4.78 is 1.80. The monoisotopic (exact) mass is 538 g/mol. The lowest BCUT2D eigenvalue weighted by Crippen LogP contribution is -2.38. The van der Waals surface area contributed by atoms with Crippen molar-refractivity contribution in [3.8, 4) is 18.2 Å². The molecule has 2 unspecified atom stereocenters. The SMILES string of the molecule is C#CC(C)/C=C\C=C(/C)C(CO)NC(=O)c1ccn(-c2nc(Nc3ccc(C4CCNCC4)cc3)ncc2C)c1. The Bertz CT molecular complexity index is 1390. The first-order chi connectivity index (χ1) is 19.4. The maximum absolute atomic E-state index is 13.0. The fourth-order valence-corrected chi connectivity index (χ4v) is 4.63.